The minimum Gasteiger partial charge on any atom is -0.344 e. The molecular formula is C24H21N2S+. The van der Waals surface area contributed by atoms with Crippen molar-refractivity contribution in [2.45, 2.75) is 13.5 Å². The third kappa shape index (κ3) is 2.50. The number of fused-ring (bicyclic) bond motifs is 3. The number of rotatable bonds is 2. The third-order valence-electron chi connectivity index (χ3n) is 5.33. The molecule has 2 heterocycles. The minimum atomic E-state index is 0.965. The lowest BCUT2D eigenvalue weighted by atomic mass is 9.90. The number of hydrogen-bond acceptors (Lipinski definition) is 2. The molecule has 0 saturated carbocycles. The van der Waals surface area contributed by atoms with Crippen molar-refractivity contribution in [3.63, 3.8) is 0 Å². The van der Waals surface area contributed by atoms with Crippen LogP contribution in [0.2, 0.25) is 0 Å². The van der Waals surface area contributed by atoms with Crippen LogP contribution >= 0.6 is 11.3 Å². The highest BCUT2D eigenvalue weighted by Gasteiger charge is 2.25. The molecule has 0 fully saturated rings. The number of benzene rings is 3. The fraction of sp³-hybridized carbons (Fsp3) is 0.125. The Morgan fingerprint density at radius 2 is 1.44 bits per heavy atom. The molecule has 0 amide bonds. The highest BCUT2D eigenvalue weighted by Crippen LogP contribution is 2.44. The van der Waals surface area contributed by atoms with Crippen molar-refractivity contribution >= 4 is 44.6 Å². The molecule has 1 aromatic heterocycles. The molecule has 1 aliphatic heterocycles. The Morgan fingerprint density at radius 1 is 0.852 bits per heavy atom. The van der Waals surface area contributed by atoms with Crippen molar-refractivity contribution < 1.29 is 4.57 Å². The summed E-state index contributed by atoms with van der Waals surface area (Å²) in [6, 6.07) is 26.1. The second kappa shape index (κ2) is 6.36. The van der Waals surface area contributed by atoms with Crippen LogP contribution in [0.25, 0.3) is 21.9 Å². The van der Waals surface area contributed by atoms with Crippen molar-refractivity contribution in [2.24, 2.45) is 0 Å². The predicted molar refractivity (Wildman–Crippen MR) is 116 cm³/mol. The van der Waals surface area contributed by atoms with Crippen LogP contribution in [0.15, 0.2) is 72.8 Å². The van der Waals surface area contributed by atoms with Gasteiger partial charge in [-0.25, -0.2) is 0 Å². The zero-order valence-electron chi connectivity index (χ0n) is 15.5. The molecular weight excluding hydrogens is 348 g/mol. The summed E-state index contributed by atoms with van der Waals surface area (Å²) in [5.41, 5.74) is 7.70. The van der Waals surface area contributed by atoms with Gasteiger partial charge in [0.15, 0.2) is 0 Å². The normalized spacial score (nSPS) is 12.8. The van der Waals surface area contributed by atoms with E-state index in [4.69, 9.17) is 0 Å². The Kier molecular flexibility index (Phi) is 3.83. The highest BCUT2D eigenvalue weighted by molar-refractivity contribution is 7.18. The maximum atomic E-state index is 2.41. The number of thiazole rings is 1. The number of aryl methyl sites for hydroxylation is 1. The predicted octanol–water partition coefficient (Wildman–Crippen LogP) is 5.88. The summed E-state index contributed by atoms with van der Waals surface area (Å²) >= 11 is 1.87. The summed E-state index contributed by atoms with van der Waals surface area (Å²) < 4.78 is 3.75. The van der Waals surface area contributed by atoms with Gasteiger partial charge in [0.1, 0.15) is 11.2 Å². The van der Waals surface area contributed by atoms with E-state index in [9.17, 15) is 0 Å². The van der Waals surface area contributed by atoms with E-state index in [0.717, 1.165) is 6.54 Å². The van der Waals surface area contributed by atoms with E-state index in [0.29, 0.717) is 0 Å². The Bertz CT molecular complexity index is 1140. The van der Waals surface area contributed by atoms with E-state index < -0.39 is 0 Å². The Morgan fingerprint density at radius 3 is 2.11 bits per heavy atom. The molecule has 0 unspecified atom stereocenters. The van der Waals surface area contributed by atoms with Gasteiger partial charge in [-0.2, -0.15) is 4.57 Å². The van der Waals surface area contributed by atoms with Gasteiger partial charge in [0.25, 0.3) is 5.01 Å². The maximum absolute atomic E-state index is 2.41. The molecule has 0 radical (unpaired) electrons. The number of para-hydroxylation sites is 3. The molecule has 1 aliphatic rings. The van der Waals surface area contributed by atoms with Crippen molar-refractivity contribution in [3.8, 4) is 0 Å². The van der Waals surface area contributed by atoms with E-state index in [-0.39, 0.29) is 0 Å². The van der Waals surface area contributed by atoms with Crippen LogP contribution in [0.4, 0.5) is 11.4 Å². The highest BCUT2D eigenvalue weighted by atomic mass is 32.1. The molecule has 0 aliphatic carbocycles. The number of nitrogens with zero attached hydrogens (tertiary/aromatic N) is 2. The quantitative estimate of drug-likeness (QED) is 0.400. The van der Waals surface area contributed by atoms with Gasteiger partial charge in [-0.1, -0.05) is 59.9 Å². The van der Waals surface area contributed by atoms with Crippen LogP contribution in [0.1, 0.15) is 23.1 Å². The monoisotopic (exact) mass is 369 g/mol. The first kappa shape index (κ1) is 16.3. The van der Waals surface area contributed by atoms with E-state index in [1.165, 1.54) is 43.3 Å². The molecule has 27 heavy (non-hydrogen) atoms. The number of anilines is 2. The molecule has 2 nitrogen and oxygen atoms in total. The SMILES string of the molecule is CC[n+]1c(C=C2c3ccccc3N(C)c3ccccc32)sc2ccccc21. The van der Waals surface area contributed by atoms with Crippen LogP contribution in [0.3, 0.4) is 0 Å². The molecule has 4 aromatic rings. The molecule has 0 bridgehead atoms. The average Bonchev–Trinajstić information content (AvgIpc) is 3.08. The lowest BCUT2D eigenvalue weighted by molar-refractivity contribution is -0.665. The summed E-state index contributed by atoms with van der Waals surface area (Å²) in [5.74, 6) is 0. The minimum absolute atomic E-state index is 0.965. The van der Waals surface area contributed by atoms with E-state index in [2.05, 4.69) is 102 Å². The van der Waals surface area contributed by atoms with E-state index >= 15 is 0 Å². The first-order chi connectivity index (χ1) is 13.3. The number of hydrogen-bond donors (Lipinski definition) is 0. The maximum Gasteiger partial charge on any atom is 0.263 e. The van der Waals surface area contributed by atoms with Gasteiger partial charge in [0.2, 0.25) is 5.52 Å². The molecule has 5 rings (SSSR count). The van der Waals surface area contributed by atoms with Crippen LogP contribution in [-0.2, 0) is 6.54 Å². The summed E-state index contributed by atoms with van der Waals surface area (Å²) in [5, 5.41) is 1.29. The average molecular weight is 370 g/mol. The van der Waals surface area contributed by atoms with Gasteiger partial charge < -0.3 is 4.90 Å². The van der Waals surface area contributed by atoms with Crippen molar-refractivity contribution in [1.29, 1.82) is 0 Å². The van der Waals surface area contributed by atoms with Crippen LogP contribution in [0, 0.1) is 0 Å². The first-order valence-corrected chi connectivity index (χ1v) is 10.1. The number of aromatic nitrogens is 1. The summed E-state index contributed by atoms with van der Waals surface area (Å²) in [4.78, 5) is 2.29. The summed E-state index contributed by atoms with van der Waals surface area (Å²) in [6.45, 7) is 3.18. The van der Waals surface area contributed by atoms with E-state index in [1.807, 2.05) is 11.3 Å². The smallest absolute Gasteiger partial charge is 0.263 e. The lowest BCUT2D eigenvalue weighted by Crippen LogP contribution is -2.33. The Hall–Kier alpha value is -2.91. The van der Waals surface area contributed by atoms with Crippen molar-refractivity contribution in [1.82, 2.24) is 0 Å². The molecule has 0 atom stereocenters. The van der Waals surface area contributed by atoms with Crippen LogP contribution < -0.4 is 9.47 Å². The summed E-state index contributed by atoms with van der Waals surface area (Å²) in [6.07, 6.45) is 2.37. The van der Waals surface area contributed by atoms with Gasteiger partial charge >= 0.3 is 0 Å². The fourth-order valence-corrected chi connectivity index (χ4v) is 5.20. The Labute approximate surface area is 163 Å². The van der Waals surface area contributed by atoms with Crippen LogP contribution in [-0.4, -0.2) is 7.05 Å². The van der Waals surface area contributed by atoms with Crippen molar-refractivity contribution in [3.05, 3.63) is 88.9 Å². The topological polar surface area (TPSA) is 7.12 Å². The molecule has 3 aromatic carbocycles. The molecule has 0 N–H and O–H groups in total. The molecule has 0 spiro atoms. The molecule has 3 heteroatoms. The van der Waals surface area contributed by atoms with Gasteiger partial charge in [0.05, 0.1) is 0 Å². The van der Waals surface area contributed by atoms with Gasteiger partial charge in [-0.05, 0) is 25.1 Å². The zero-order valence-corrected chi connectivity index (χ0v) is 16.3. The first-order valence-electron chi connectivity index (χ1n) is 9.33. The zero-order chi connectivity index (χ0) is 18.4. The third-order valence-corrected chi connectivity index (χ3v) is 6.44. The summed E-state index contributed by atoms with van der Waals surface area (Å²) in [7, 11) is 2.15. The molecule has 132 valence electrons. The van der Waals surface area contributed by atoms with Crippen molar-refractivity contribution in [2.75, 3.05) is 11.9 Å². The molecule has 0 saturated heterocycles. The van der Waals surface area contributed by atoms with Gasteiger partial charge in [0, 0.05) is 47.3 Å². The fourth-order valence-electron chi connectivity index (χ4n) is 4.03. The van der Waals surface area contributed by atoms with Gasteiger partial charge in [-0.3, -0.25) is 0 Å². The largest absolute Gasteiger partial charge is 0.344 e. The standard InChI is InChI=1S/C24H21N2S/c1-3-26-22-14-8-9-15-23(22)27-24(26)16-19-17-10-4-6-12-20(17)25(2)21-13-7-5-11-18(19)21/h4-16H,3H2,1-2H3/q+1. The van der Waals surface area contributed by atoms with E-state index in [1.54, 1.807) is 0 Å². The Balaban J connectivity index is 1.80. The van der Waals surface area contributed by atoms with Gasteiger partial charge in [-0.15, -0.1) is 0 Å². The lowest BCUT2D eigenvalue weighted by Gasteiger charge is -2.31. The second-order valence-corrected chi connectivity index (χ2v) is 7.87. The van der Waals surface area contributed by atoms with Crippen LogP contribution in [0.5, 0.6) is 0 Å². The second-order valence-electron chi connectivity index (χ2n) is 6.80.